The maximum Gasteiger partial charge on any atom is 0.255 e. The second kappa shape index (κ2) is 8.66. The van der Waals surface area contributed by atoms with Crippen molar-refractivity contribution in [2.45, 2.75) is 6.54 Å². The maximum absolute atomic E-state index is 12.3. The van der Waals surface area contributed by atoms with Crippen LogP contribution < -0.4 is 10.6 Å². The normalized spacial score (nSPS) is 10.3. The molecule has 5 nitrogen and oxygen atoms in total. The molecule has 0 saturated heterocycles. The summed E-state index contributed by atoms with van der Waals surface area (Å²) in [6.45, 7) is 0.278. The number of nitrogens with zero attached hydrogens (tertiary/aromatic N) is 1. The fourth-order valence-corrected chi connectivity index (χ4v) is 2.79. The lowest BCUT2D eigenvalue weighted by Crippen LogP contribution is -2.23. The van der Waals surface area contributed by atoms with Gasteiger partial charge in [0.25, 0.3) is 11.8 Å². The number of carbonyl (C=O) groups excluding carboxylic acids is 2. The lowest BCUT2D eigenvalue weighted by atomic mass is 10.1. The molecule has 0 aliphatic carbocycles. The van der Waals surface area contributed by atoms with E-state index in [1.807, 2.05) is 6.07 Å². The van der Waals surface area contributed by atoms with Gasteiger partial charge in [0.1, 0.15) is 0 Å². The fraction of sp³-hybridized carbons (Fsp3) is 0.0500. The molecule has 27 heavy (non-hydrogen) atoms. The number of nitrogens with one attached hydrogen (secondary N) is 2. The summed E-state index contributed by atoms with van der Waals surface area (Å²) in [5.74, 6) is -0.557. The average Bonchev–Trinajstić information content (AvgIpc) is 2.69. The topological polar surface area (TPSA) is 71.1 Å². The molecule has 0 saturated carbocycles. The van der Waals surface area contributed by atoms with Crippen molar-refractivity contribution in [3.05, 3.63) is 93.7 Å². The Bertz CT molecular complexity index is 978. The first kappa shape index (κ1) is 18.9. The van der Waals surface area contributed by atoms with Gasteiger partial charge >= 0.3 is 0 Å². The van der Waals surface area contributed by atoms with Crippen LogP contribution in [0.25, 0.3) is 0 Å². The largest absolute Gasteiger partial charge is 0.348 e. The number of halogens is 2. The van der Waals surface area contributed by atoms with Crippen LogP contribution in [0, 0.1) is 0 Å². The molecule has 3 rings (SSSR count). The highest BCUT2D eigenvalue weighted by Crippen LogP contribution is 2.20. The van der Waals surface area contributed by atoms with Crippen molar-refractivity contribution < 1.29 is 9.59 Å². The van der Waals surface area contributed by atoms with Crippen LogP contribution in [0.3, 0.4) is 0 Å². The van der Waals surface area contributed by atoms with Gasteiger partial charge in [0, 0.05) is 35.2 Å². The Balaban J connectivity index is 1.65. The SMILES string of the molecule is O=C(Nc1cccc(CNC(=O)c2cc(Cl)ccc2Cl)c1)c1ccncc1. The summed E-state index contributed by atoms with van der Waals surface area (Å²) in [6, 6.07) is 15.2. The highest BCUT2D eigenvalue weighted by atomic mass is 35.5. The number of hydrogen-bond acceptors (Lipinski definition) is 3. The Kier molecular flexibility index (Phi) is 6.06. The predicted molar refractivity (Wildman–Crippen MR) is 106 cm³/mol. The number of amides is 2. The second-order valence-electron chi connectivity index (χ2n) is 5.70. The van der Waals surface area contributed by atoms with Gasteiger partial charge in [0.2, 0.25) is 0 Å². The Morgan fingerprint density at radius 2 is 1.70 bits per heavy atom. The molecule has 0 radical (unpaired) electrons. The summed E-state index contributed by atoms with van der Waals surface area (Å²) in [5, 5.41) is 6.37. The van der Waals surface area contributed by atoms with Crippen LogP contribution in [0.15, 0.2) is 67.0 Å². The first-order chi connectivity index (χ1) is 13.0. The minimum Gasteiger partial charge on any atom is -0.348 e. The molecule has 0 atom stereocenters. The fourth-order valence-electron chi connectivity index (χ4n) is 2.41. The predicted octanol–water partition coefficient (Wildman–Crippen LogP) is 4.57. The molecule has 2 amide bonds. The third-order valence-electron chi connectivity index (χ3n) is 3.75. The van der Waals surface area contributed by atoms with E-state index >= 15 is 0 Å². The number of benzene rings is 2. The van der Waals surface area contributed by atoms with Crippen molar-refractivity contribution in [3.63, 3.8) is 0 Å². The van der Waals surface area contributed by atoms with Crippen molar-refractivity contribution in [3.8, 4) is 0 Å². The van der Waals surface area contributed by atoms with E-state index in [9.17, 15) is 9.59 Å². The molecule has 2 N–H and O–H groups in total. The molecular formula is C20H15Cl2N3O2. The van der Waals surface area contributed by atoms with E-state index < -0.39 is 0 Å². The summed E-state index contributed by atoms with van der Waals surface area (Å²) < 4.78 is 0. The van der Waals surface area contributed by atoms with E-state index in [0.717, 1.165) is 5.56 Å². The number of aromatic nitrogens is 1. The van der Waals surface area contributed by atoms with Crippen LogP contribution in [0.4, 0.5) is 5.69 Å². The van der Waals surface area contributed by atoms with Crippen LogP contribution in [-0.2, 0) is 6.54 Å². The first-order valence-electron chi connectivity index (χ1n) is 8.06. The quantitative estimate of drug-likeness (QED) is 0.659. The van der Waals surface area contributed by atoms with E-state index in [4.69, 9.17) is 23.2 Å². The average molecular weight is 400 g/mol. The summed E-state index contributed by atoms with van der Waals surface area (Å²) in [6.07, 6.45) is 3.11. The van der Waals surface area contributed by atoms with Gasteiger partial charge in [-0.25, -0.2) is 0 Å². The lowest BCUT2D eigenvalue weighted by molar-refractivity contribution is 0.0950. The number of carbonyl (C=O) groups is 2. The molecule has 3 aromatic rings. The number of hydrogen-bond donors (Lipinski definition) is 2. The van der Waals surface area contributed by atoms with Crippen LogP contribution >= 0.6 is 23.2 Å². The Morgan fingerprint density at radius 1 is 0.926 bits per heavy atom. The molecule has 2 aromatic carbocycles. The van der Waals surface area contributed by atoms with E-state index in [-0.39, 0.29) is 18.4 Å². The Morgan fingerprint density at radius 3 is 2.48 bits per heavy atom. The first-order valence-corrected chi connectivity index (χ1v) is 8.82. The molecule has 0 unspecified atom stereocenters. The van der Waals surface area contributed by atoms with Gasteiger partial charge in [-0.3, -0.25) is 14.6 Å². The van der Waals surface area contributed by atoms with Gasteiger partial charge in [-0.05, 0) is 48.0 Å². The van der Waals surface area contributed by atoms with Crippen LogP contribution in [0.5, 0.6) is 0 Å². The van der Waals surface area contributed by atoms with E-state index in [0.29, 0.717) is 26.9 Å². The summed E-state index contributed by atoms with van der Waals surface area (Å²) in [4.78, 5) is 28.4. The third kappa shape index (κ3) is 5.06. The second-order valence-corrected chi connectivity index (χ2v) is 6.54. The Hall–Kier alpha value is -2.89. The molecule has 1 heterocycles. The van der Waals surface area contributed by atoms with Crippen molar-refractivity contribution in [1.82, 2.24) is 10.3 Å². The Labute approximate surface area is 166 Å². The minimum absolute atomic E-state index is 0.232. The van der Waals surface area contributed by atoms with Gasteiger partial charge in [-0.15, -0.1) is 0 Å². The van der Waals surface area contributed by atoms with Crippen LogP contribution in [0.2, 0.25) is 10.0 Å². The molecule has 0 fully saturated rings. The monoisotopic (exact) mass is 399 g/mol. The standard InChI is InChI=1S/C20H15Cl2N3O2/c21-15-4-5-18(22)17(11-15)20(27)24-12-13-2-1-3-16(10-13)25-19(26)14-6-8-23-9-7-14/h1-11H,12H2,(H,24,27)(H,25,26). The number of rotatable bonds is 5. The molecular weight excluding hydrogens is 385 g/mol. The third-order valence-corrected chi connectivity index (χ3v) is 4.32. The highest BCUT2D eigenvalue weighted by Gasteiger charge is 2.11. The molecule has 1 aromatic heterocycles. The van der Waals surface area contributed by atoms with Crippen LogP contribution in [-0.4, -0.2) is 16.8 Å². The highest BCUT2D eigenvalue weighted by molar-refractivity contribution is 6.35. The number of pyridine rings is 1. The van der Waals surface area contributed by atoms with Gasteiger partial charge in [0.05, 0.1) is 10.6 Å². The minimum atomic E-state index is -0.325. The van der Waals surface area contributed by atoms with Crippen molar-refractivity contribution in [2.24, 2.45) is 0 Å². The van der Waals surface area contributed by atoms with E-state index in [1.165, 1.54) is 6.07 Å². The van der Waals surface area contributed by atoms with Crippen molar-refractivity contribution in [2.75, 3.05) is 5.32 Å². The van der Waals surface area contributed by atoms with E-state index in [2.05, 4.69) is 15.6 Å². The molecule has 136 valence electrons. The van der Waals surface area contributed by atoms with Gasteiger partial charge in [0.15, 0.2) is 0 Å². The van der Waals surface area contributed by atoms with Gasteiger partial charge in [-0.1, -0.05) is 35.3 Å². The van der Waals surface area contributed by atoms with Crippen LogP contribution in [0.1, 0.15) is 26.3 Å². The van der Waals surface area contributed by atoms with Crippen molar-refractivity contribution in [1.29, 1.82) is 0 Å². The molecule has 7 heteroatoms. The van der Waals surface area contributed by atoms with Gasteiger partial charge < -0.3 is 10.6 Å². The summed E-state index contributed by atoms with van der Waals surface area (Å²) >= 11 is 12.0. The molecule has 0 aliphatic rings. The van der Waals surface area contributed by atoms with Gasteiger partial charge in [-0.2, -0.15) is 0 Å². The number of anilines is 1. The summed E-state index contributed by atoms with van der Waals surface area (Å²) in [7, 11) is 0. The smallest absolute Gasteiger partial charge is 0.255 e. The molecule has 0 aliphatic heterocycles. The zero-order valence-electron chi connectivity index (χ0n) is 14.1. The summed E-state index contributed by atoms with van der Waals surface area (Å²) in [5.41, 5.74) is 2.28. The lowest BCUT2D eigenvalue weighted by Gasteiger charge is -2.10. The molecule has 0 bridgehead atoms. The zero-order chi connectivity index (χ0) is 19.2. The molecule has 0 spiro atoms. The zero-order valence-corrected chi connectivity index (χ0v) is 15.6. The maximum atomic E-state index is 12.3. The van der Waals surface area contributed by atoms with Crippen molar-refractivity contribution >= 4 is 40.7 Å². The van der Waals surface area contributed by atoms with E-state index in [1.54, 1.807) is 54.9 Å².